The van der Waals surface area contributed by atoms with Gasteiger partial charge >= 0.3 is 6.09 Å². The molecule has 0 aromatic rings. The molecule has 1 aliphatic heterocycles. The van der Waals surface area contributed by atoms with Crippen LogP contribution in [-0.2, 0) is 9.47 Å². The molecule has 0 aromatic carbocycles. The second-order valence-electron chi connectivity index (χ2n) is 5.08. The number of ether oxygens (including phenoxy) is 2. The van der Waals surface area contributed by atoms with Crippen molar-refractivity contribution in [1.82, 2.24) is 4.90 Å². The Morgan fingerprint density at radius 1 is 1.53 bits per heavy atom. The SMILES string of the molecule is CC(C)(C)OC(=O)N1CCOC2C(N)C21. The van der Waals surface area contributed by atoms with E-state index in [9.17, 15) is 4.79 Å². The lowest BCUT2D eigenvalue weighted by Gasteiger charge is -2.29. The van der Waals surface area contributed by atoms with E-state index in [1.54, 1.807) is 4.90 Å². The van der Waals surface area contributed by atoms with Gasteiger partial charge in [0.25, 0.3) is 0 Å². The molecular formula is C10H18N2O3. The highest BCUT2D eigenvalue weighted by atomic mass is 16.6. The number of amides is 1. The van der Waals surface area contributed by atoms with Crippen molar-refractivity contribution in [3.8, 4) is 0 Å². The lowest BCUT2D eigenvalue weighted by molar-refractivity contribution is -0.00881. The molecule has 5 nitrogen and oxygen atoms in total. The summed E-state index contributed by atoms with van der Waals surface area (Å²) in [4.78, 5) is 13.5. The first kappa shape index (κ1) is 10.7. The average molecular weight is 214 g/mol. The zero-order chi connectivity index (χ0) is 11.2. The van der Waals surface area contributed by atoms with Crippen LogP contribution in [0.5, 0.6) is 0 Å². The van der Waals surface area contributed by atoms with E-state index in [1.165, 1.54) is 0 Å². The summed E-state index contributed by atoms with van der Waals surface area (Å²) in [6.07, 6.45) is -0.264. The Kier molecular flexibility index (Phi) is 2.39. The zero-order valence-corrected chi connectivity index (χ0v) is 9.40. The largest absolute Gasteiger partial charge is 0.444 e. The summed E-state index contributed by atoms with van der Waals surface area (Å²) in [5, 5.41) is 0. The lowest BCUT2D eigenvalue weighted by Crippen LogP contribution is -2.44. The molecule has 3 atom stereocenters. The Hall–Kier alpha value is -0.810. The molecule has 1 saturated carbocycles. The van der Waals surface area contributed by atoms with Crippen molar-refractivity contribution in [3.05, 3.63) is 0 Å². The molecular weight excluding hydrogens is 196 g/mol. The van der Waals surface area contributed by atoms with Gasteiger partial charge in [-0.3, -0.25) is 4.90 Å². The van der Waals surface area contributed by atoms with Crippen molar-refractivity contribution in [2.24, 2.45) is 5.73 Å². The van der Waals surface area contributed by atoms with E-state index in [-0.39, 0.29) is 24.3 Å². The Morgan fingerprint density at radius 2 is 2.20 bits per heavy atom. The Balaban J connectivity index is 1.96. The Bertz CT molecular complexity index is 274. The number of hydrogen-bond acceptors (Lipinski definition) is 4. The summed E-state index contributed by atoms with van der Waals surface area (Å²) < 4.78 is 10.7. The van der Waals surface area contributed by atoms with Crippen LogP contribution in [-0.4, -0.2) is 47.9 Å². The Morgan fingerprint density at radius 3 is 2.80 bits per heavy atom. The van der Waals surface area contributed by atoms with Crippen molar-refractivity contribution in [2.45, 2.75) is 44.6 Å². The van der Waals surface area contributed by atoms with E-state index >= 15 is 0 Å². The quantitative estimate of drug-likeness (QED) is 0.631. The first-order valence-corrected chi connectivity index (χ1v) is 5.27. The normalized spacial score (nSPS) is 34.7. The Labute approximate surface area is 89.5 Å². The minimum absolute atomic E-state index is 0.0197. The third kappa shape index (κ3) is 2.08. The van der Waals surface area contributed by atoms with Gasteiger partial charge in [-0.1, -0.05) is 0 Å². The maximum atomic E-state index is 11.8. The van der Waals surface area contributed by atoms with Crippen LogP contribution in [0, 0.1) is 0 Å². The number of hydrogen-bond donors (Lipinski definition) is 1. The van der Waals surface area contributed by atoms with Crippen molar-refractivity contribution in [3.63, 3.8) is 0 Å². The fraction of sp³-hybridized carbons (Fsp3) is 0.900. The molecule has 2 aliphatic rings. The highest BCUT2D eigenvalue weighted by Crippen LogP contribution is 2.34. The van der Waals surface area contributed by atoms with E-state index in [0.717, 1.165) is 0 Å². The maximum Gasteiger partial charge on any atom is 0.410 e. The number of morpholine rings is 1. The van der Waals surface area contributed by atoms with Gasteiger partial charge in [-0.2, -0.15) is 0 Å². The molecule has 0 aromatic heterocycles. The van der Waals surface area contributed by atoms with E-state index < -0.39 is 5.60 Å². The molecule has 1 aliphatic carbocycles. The first-order chi connectivity index (χ1) is 6.90. The molecule has 1 saturated heterocycles. The molecule has 5 heteroatoms. The van der Waals surface area contributed by atoms with Crippen molar-refractivity contribution in [1.29, 1.82) is 0 Å². The van der Waals surface area contributed by atoms with E-state index in [0.29, 0.717) is 13.2 Å². The topological polar surface area (TPSA) is 64.8 Å². The predicted octanol–water partition coefficient (Wildman–Crippen LogP) is 0.332. The van der Waals surface area contributed by atoms with E-state index in [4.69, 9.17) is 15.2 Å². The van der Waals surface area contributed by atoms with Gasteiger partial charge in [0.05, 0.1) is 24.8 Å². The minimum Gasteiger partial charge on any atom is -0.444 e. The number of carbonyl (C=O) groups excluding carboxylic acids is 1. The summed E-state index contributed by atoms with van der Waals surface area (Å²) in [6.45, 7) is 6.69. The molecule has 1 heterocycles. The van der Waals surface area contributed by atoms with Crippen molar-refractivity contribution < 1.29 is 14.3 Å². The number of rotatable bonds is 0. The molecule has 0 spiro atoms. The summed E-state index contributed by atoms with van der Waals surface area (Å²) in [6, 6.07) is -0.0198. The second kappa shape index (κ2) is 3.35. The van der Waals surface area contributed by atoms with Crippen LogP contribution >= 0.6 is 0 Å². The van der Waals surface area contributed by atoms with Crippen LogP contribution < -0.4 is 5.73 Å². The summed E-state index contributed by atoms with van der Waals surface area (Å²) in [5.74, 6) is 0. The van der Waals surface area contributed by atoms with Gasteiger partial charge in [0.2, 0.25) is 0 Å². The summed E-state index contributed by atoms with van der Waals surface area (Å²) >= 11 is 0. The number of nitrogens with zero attached hydrogens (tertiary/aromatic N) is 1. The molecule has 86 valence electrons. The van der Waals surface area contributed by atoms with E-state index in [2.05, 4.69) is 0 Å². The summed E-state index contributed by atoms with van der Waals surface area (Å²) in [7, 11) is 0. The molecule has 2 N–H and O–H groups in total. The van der Waals surface area contributed by atoms with Gasteiger partial charge in [-0.05, 0) is 20.8 Å². The number of fused-ring (bicyclic) bond motifs is 1. The first-order valence-electron chi connectivity index (χ1n) is 5.27. The zero-order valence-electron chi connectivity index (χ0n) is 9.40. The standard InChI is InChI=1S/C10H18N2O3/c1-10(2,3)15-9(13)12-4-5-14-8-6(11)7(8)12/h6-8H,4-5,11H2,1-3H3. The molecule has 15 heavy (non-hydrogen) atoms. The van der Waals surface area contributed by atoms with Gasteiger partial charge in [0, 0.05) is 6.54 Å². The highest BCUT2D eigenvalue weighted by Gasteiger charge is 2.57. The van der Waals surface area contributed by atoms with Crippen LogP contribution in [0.15, 0.2) is 0 Å². The molecule has 0 radical (unpaired) electrons. The van der Waals surface area contributed by atoms with Gasteiger partial charge < -0.3 is 15.2 Å². The fourth-order valence-corrected chi connectivity index (χ4v) is 1.85. The monoisotopic (exact) mass is 214 g/mol. The van der Waals surface area contributed by atoms with Crippen molar-refractivity contribution in [2.75, 3.05) is 13.2 Å². The fourth-order valence-electron chi connectivity index (χ4n) is 1.85. The van der Waals surface area contributed by atoms with Gasteiger partial charge in [-0.15, -0.1) is 0 Å². The third-order valence-corrected chi connectivity index (χ3v) is 2.60. The van der Waals surface area contributed by atoms with Gasteiger partial charge in [-0.25, -0.2) is 4.79 Å². The van der Waals surface area contributed by atoms with E-state index in [1.807, 2.05) is 20.8 Å². The van der Waals surface area contributed by atoms with Crippen LogP contribution in [0.25, 0.3) is 0 Å². The van der Waals surface area contributed by atoms with Crippen molar-refractivity contribution >= 4 is 6.09 Å². The molecule has 2 rings (SSSR count). The maximum absolute atomic E-state index is 11.8. The third-order valence-electron chi connectivity index (χ3n) is 2.60. The number of carbonyl (C=O) groups is 1. The van der Waals surface area contributed by atoms with Gasteiger partial charge in [0.15, 0.2) is 0 Å². The summed E-state index contributed by atoms with van der Waals surface area (Å²) in [5.41, 5.74) is 5.33. The highest BCUT2D eigenvalue weighted by molar-refractivity contribution is 5.69. The smallest absolute Gasteiger partial charge is 0.410 e. The molecule has 0 bridgehead atoms. The van der Waals surface area contributed by atoms with Crippen LogP contribution in [0.2, 0.25) is 0 Å². The van der Waals surface area contributed by atoms with Crippen LogP contribution in [0.4, 0.5) is 4.79 Å². The van der Waals surface area contributed by atoms with Gasteiger partial charge in [0.1, 0.15) is 5.60 Å². The minimum atomic E-state index is -0.454. The second-order valence-corrected chi connectivity index (χ2v) is 5.08. The predicted molar refractivity (Wildman–Crippen MR) is 54.4 cm³/mol. The molecule has 2 fully saturated rings. The number of nitrogens with two attached hydrogens (primary N) is 1. The molecule has 1 amide bonds. The van der Waals surface area contributed by atoms with Crippen LogP contribution in [0.3, 0.4) is 0 Å². The average Bonchev–Trinajstić information content (AvgIpc) is 2.75. The lowest BCUT2D eigenvalue weighted by atomic mass is 10.2. The molecule has 3 unspecified atom stereocenters. The van der Waals surface area contributed by atoms with Crippen LogP contribution in [0.1, 0.15) is 20.8 Å².